The molecule has 1 aromatic carbocycles. The second-order valence-electron chi connectivity index (χ2n) is 8.69. The Morgan fingerprint density at radius 2 is 1.48 bits per heavy atom. The summed E-state index contributed by atoms with van der Waals surface area (Å²) in [6, 6.07) is 8.85. The first-order valence-electron chi connectivity index (χ1n) is 9.67. The van der Waals surface area contributed by atoms with Gasteiger partial charge in [0.2, 0.25) is 0 Å². The minimum absolute atomic E-state index is 0.127. The first-order chi connectivity index (χ1) is 11.8. The molecule has 4 heteroatoms. The topological polar surface area (TPSA) is 26.8 Å². The molecule has 4 nitrogen and oxygen atoms in total. The fraction of sp³-hybridized carbons (Fsp3) is 0.667. The summed E-state index contributed by atoms with van der Waals surface area (Å²) >= 11 is 0. The second kappa shape index (κ2) is 7.46. The third kappa shape index (κ3) is 4.42. The molecule has 138 valence electrons. The van der Waals surface area contributed by atoms with E-state index >= 15 is 0 Å². The summed E-state index contributed by atoms with van der Waals surface area (Å²) in [4.78, 5) is 19.9. The standard InChI is InChI=1S/C21H33N3O/c1-21(2,3)18-7-5-17(6-8-18)20(25)24-11-9-19(10-12-24)23-15-13-22(4)14-16-23/h5-8,19H,9-16H2,1-4H3. The number of carbonyl (C=O) groups excluding carboxylic acids is 1. The van der Waals surface area contributed by atoms with Crippen molar-refractivity contribution in [1.82, 2.24) is 14.7 Å². The van der Waals surface area contributed by atoms with E-state index in [9.17, 15) is 4.79 Å². The Morgan fingerprint density at radius 1 is 0.920 bits per heavy atom. The molecule has 1 amide bonds. The number of piperazine rings is 1. The highest BCUT2D eigenvalue weighted by Gasteiger charge is 2.28. The number of nitrogens with zero attached hydrogens (tertiary/aromatic N) is 3. The molecule has 0 spiro atoms. The van der Waals surface area contributed by atoms with Crippen LogP contribution in [0.2, 0.25) is 0 Å². The van der Waals surface area contributed by atoms with E-state index in [1.165, 1.54) is 31.7 Å². The SMILES string of the molecule is CN1CCN(C2CCN(C(=O)c3ccc(C(C)(C)C)cc3)CC2)CC1. The summed E-state index contributed by atoms with van der Waals surface area (Å²) in [7, 11) is 2.20. The molecule has 2 heterocycles. The molecule has 0 unspecified atom stereocenters. The first kappa shape index (κ1) is 18.4. The van der Waals surface area contributed by atoms with E-state index in [0.29, 0.717) is 6.04 Å². The van der Waals surface area contributed by atoms with Crippen molar-refractivity contribution in [1.29, 1.82) is 0 Å². The van der Waals surface area contributed by atoms with Crippen LogP contribution in [0.1, 0.15) is 49.5 Å². The Hall–Kier alpha value is -1.39. The molecule has 0 aliphatic carbocycles. The van der Waals surface area contributed by atoms with Crippen molar-refractivity contribution in [2.45, 2.75) is 45.1 Å². The van der Waals surface area contributed by atoms with Gasteiger partial charge in [0.05, 0.1) is 0 Å². The largest absolute Gasteiger partial charge is 0.339 e. The minimum atomic E-state index is 0.127. The normalized spacial score (nSPS) is 21.5. The molecule has 25 heavy (non-hydrogen) atoms. The Labute approximate surface area is 152 Å². The van der Waals surface area contributed by atoms with Crippen molar-refractivity contribution in [3.8, 4) is 0 Å². The molecule has 2 aliphatic heterocycles. The van der Waals surface area contributed by atoms with Gasteiger partial charge in [-0.2, -0.15) is 0 Å². The Kier molecular flexibility index (Phi) is 5.49. The van der Waals surface area contributed by atoms with Crippen LogP contribution in [0.25, 0.3) is 0 Å². The van der Waals surface area contributed by atoms with Crippen LogP contribution in [-0.2, 0) is 5.41 Å². The van der Waals surface area contributed by atoms with Crippen molar-refractivity contribution in [2.24, 2.45) is 0 Å². The fourth-order valence-electron chi connectivity index (χ4n) is 3.92. The number of hydrogen-bond acceptors (Lipinski definition) is 3. The van der Waals surface area contributed by atoms with Crippen LogP contribution in [-0.4, -0.2) is 73.0 Å². The van der Waals surface area contributed by atoms with Gasteiger partial charge in [-0.15, -0.1) is 0 Å². The molecule has 2 aliphatic rings. The number of benzene rings is 1. The predicted molar refractivity (Wildman–Crippen MR) is 103 cm³/mol. The van der Waals surface area contributed by atoms with E-state index in [1.54, 1.807) is 0 Å². The highest BCUT2D eigenvalue weighted by Crippen LogP contribution is 2.24. The van der Waals surface area contributed by atoms with Crippen LogP contribution in [0.5, 0.6) is 0 Å². The molecular weight excluding hydrogens is 310 g/mol. The lowest BCUT2D eigenvalue weighted by Crippen LogP contribution is -2.52. The van der Waals surface area contributed by atoms with Crippen molar-refractivity contribution in [3.63, 3.8) is 0 Å². The summed E-state index contributed by atoms with van der Waals surface area (Å²) in [6.45, 7) is 13.0. The molecule has 0 N–H and O–H groups in total. The lowest BCUT2D eigenvalue weighted by atomic mass is 9.86. The summed E-state index contributed by atoms with van der Waals surface area (Å²) in [5.74, 6) is 0.192. The smallest absolute Gasteiger partial charge is 0.253 e. The molecule has 1 aromatic rings. The summed E-state index contributed by atoms with van der Waals surface area (Å²) < 4.78 is 0. The van der Waals surface area contributed by atoms with Crippen molar-refractivity contribution in [2.75, 3.05) is 46.3 Å². The maximum absolute atomic E-state index is 12.8. The molecule has 0 radical (unpaired) electrons. The van der Waals surface area contributed by atoms with Gasteiger partial charge in [-0.05, 0) is 43.0 Å². The summed E-state index contributed by atoms with van der Waals surface area (Å²) in [6.07, 6.45) is 2.21. The summed E-state index contributed by atoms with van der Waals surface area (Å²) in [5.41, 5.74) is 2.23. The highest BCUT2D eigenvalue weighted by molar-refractivity contribution is 5.94. The Balaban J connectivity index is 1.54. The minimum Gasteiger partial charge on any atom is -0.339 e. The van der Waals surface area contributed by atoms with E-state index in [4.69, 9.17) is 0 Å². The molecule has 2 fully saturated rings. The van der Waals surface area contributed by atoms with Crippen LogP contribution in [0.4, 0.5) is 0 Å². The van der Waals surface area contributed by atoms with Crippen molar-refractivity contribution < 1.29 is 4.79 Å². The molecule has 0 saturated carbocycles. The van der Waals surface area contributed by atoms with Crippen LogP contribution in [0.15, 0.2) is 24.3 Å². The third-order valence-corrected chi connectivity index (χ3v) is 5.80. The predicted octanol–water partition coefficient (Wildman–Crippen LogP) is 2.84. The zero-order chi connectivity index (χ0) is 18.0. The fourth-order valence-corrected chi connectivity index (χ4v) is 3.92. The monoisotopic (exact) mass is 343 g/mol. The second-order valence-corrected chi connectivity index (χ2v) is 8.69. The van der Waals surface area contributed by atoms with E-state index in [0.717, 1.165) is 31.5 Å². The van der Waals surface area contributed by atoms with Crippen LogP contribution < -0.4 is 0 Å². The highest BCUT2D eigenvalue weighted by atomic mass is 16.2. The number of hydrogen-bond donors (Lipinski definition) is 0. The summed E-state index contributed by atoms with van der Waals surface area (Å²) in [5, 5.41) is 0. The maximum Gasteiger partial charge on any atom is 0.253 e. The van der Waals surface area contributed by atoms with Gasteiger partial charge in [0.1, 0.15) is 0 Å². The van der Waals surface area contributed by atoms with E-state index in [2.05, 4.69) is 49.8 Å². The quantitative estimate of drug-likeness (QED) is 0.826. The van der Waals surface area contributed by atoms with Gasteiger partial charge in [-0.1, -0.05) is 32.9 Å². The van der Waals surface area contributed by atoms with Gasteiger partial charge in [-0.3, -0.25) is 9.69 Å². The lowest BCUT2D eigenvalue weighted by Gasteiger charge is -2.42. The first-order valence-corrected chi connectivity index (χ1v) is 9.67. The van der Waals surface area contributed by atoms with E-state index in [-0.39, 0.29) is 11.3 Å². The molecule has 2 saturated heterocycles. The van der Waals surface area contributed by atoms with Gasteiger partial charge in [0.15, 0.2) is 0 Å². The Bertz CT molecular complexity index is 574. The average molecular weight is 344 g/mol. The van der Waals surface area contributed by atoms with E-state index in [1.807, 2.05) is 17.0 Å². The number of carbonyl (C=O) groups is 1. The maximum atomic E-state index is 12.8. The number of piperidine rings is 1. The average Bonchev–Trinajstić information content (AvgIpc) is 2.61. The molecule has 3 rings (SSSR count). The van der Waals surface area contributed by atoms with Crippen LogP contribution in [0, 0.1) is 0 Å². The van der Waals surface area contributed by atoms with Gasteiger partial charge in [0.25, 0.3) is 5.91 Å². The zero-order valence-electron chi connectivity index (χ0n) is 16.3. The van der Waals surface area contributed by atoms with Gasteiger partial charge in [-0.25, -0.2) is 0 Å². The van der Waals surface area contributed by atoms with Gasteiger partial charge < -0.3 is 9.80 Å². The van der Waals surface area contributed by atoms with E-state index < -0.39 is 0 Å². The number of likely N-dealkylation sites (tertiary alicyclic amines) is 1. The molecule has 0 atom stereocenters. The lowest BCUT2D eigenvalue weighted by molar-refractivity contribution is 0.0518. The molecule has 0 aromatic heterocycles. The Morgan fingerprint density at radius 3 is 2.00 bits per heavy atom. The molecular formula is C21H33N3O. The third-order valence-electron chi connectivity index (χ3n) is 5.80. The van der Waals surface area contributed by atoms with Crippen LogP contribution >= 0.6 is 0 Å². The van der Waals surface area contributed by atoms with Crippen molar-refractivity contribution >= 4 is 5.91 Å². The number of likely N-dealkylation sites (N-methyl/N-ethyl adjacent to an activating group) is 1. The molecule has 0 bridgehead atoms. The number of rotatable bonds is 2. The zero-order valence-corrected chi connectivity index (χ0v) is 16.3. The van der Waals surface area contributed by atoms with Crippen LogP contribution in [0.3, 0.4) is 0 Å². The number of amides is 1. The van der Waals surface area contributed by atoms with Crippen molar-refractivity contribution in [3.05, 3.63) is 35.4 Å². The van der Waals surface area contributed by atoms with Gasteiger partial charge >= 0.3 is 0 Å². The van der Waals surface area contributed by atoms with Gasteiger partial charge in [0, 0.05) is 50.9 Å².